The lowest BCUT2D eigenvalue weighted by molar-refractivity contribution is -0.122. The summed E-state index contributed by atoms with van der Waals surface area (Å²) in [6.07, 6.45) is 7.53. The fourth-order valence-corrected chi connectivity index (χ4v) is 6.19. The number of anilines is 1. The highest BCUT2D eigenvalue weighted by molar-refractivity contribution is 7.99. The van der Waals surface area contributed by atoms with Crippen molar-refractivity contribution in [2.45, 2.75) is 64.6 Å². The van der Waals surface area contributed by atoms with Crippen molar-refractivity contribution < 1.29 is 4.79 Å². The monoisotopic (exact) mass is 455 g/mol. The number of hydrogen-bond donors (Lipinski definition) is 2. The van der Waals surface area contributed by atoms with Gasteiger partial charge in [-0.2, -0.15) is 5.10 Å². The molecule has 2 heterocycles. The largest absolute Gasteiger partial charge is 0.380 e. The molecule has 7 nitrogen and oxygen atoms in total. The predicted molar refractivity (Wildman–Crippen MR) is 128 cm³/mol. The summed E-state index contributed by atoms with van der Waals surface area (Å²) < 4.78 is 1.26. The van der Waals surface area contributed by atoms with Crippen LogP contribution in [-0.2, 0) is 17.9 Å². The lowest BCUT2D eigenvalue weighted by Crippen LogP contribution is -2.58. The second-order valence-corrected chi connectivity index (χ2v) is 10.9. The lowest BCUT2D eigenvalue weighted by Gasteiger charge is -2.62. The zero-order valence-corrected chi connectivity index (χ0v) is 20.1. The number of rotatable bonds is 8. The fraction of sp³-hybridized carbons (Fsp3) is 0.583. The molecule has 1 unspecified atom stereocenters. The molecule has 0 aliphatic heterocycles. The van der Waals surface area contributed by atoms with Gasteiger partial charge >= 0.3 is 0 Å². The second kappa shape index (κ2) is 9.25. The Morgan fingerprint density at radius 2 is 2.03 bits per heavy atom. The summed E-state index contributed by atoms with van der Waals surface area (Å²) >= 11 is 1.51. The average Bonchev–Trinajstić information content (AvgIpc) is 2.78. The quantitative estimate of drug-likeness (QED) is 0.592. The van der Waals surface area contributed by atoms with Crippen LogP contribution in [0.15, 0.2) is 40.4 Å². The van der Waals surface area contributed by atoms with Gasteiger partial charge in [0.05, 0.1) is 16.8 Å². The van der Waals surface area contributed by atoms with Gasteiger partial charge in [-0.05, 0) is 59.5 Å². The molecule has 0 radical (unpaired) electrons. The Hall–Kier alpha value is -2.35. The van der Waals surface area contributed by atoms with Crippen molar-refractivity contribution in [1.29, 1.82) is 0 Å². The van der Waals surface area contributed by atoms with Crippen LogP contribution in [0.3, 0.4) is 0 Å². The van der Waals surface area contributed by atoms with Gasteiger partial charge < -0.3 is 10.6 Å². The van der Waals surface area contributed by atoms with Crippen LogP contribution >= 0.6 is 11.8 Å². The molecular weight excluding hydrogens is 422 g/mol. The van der Waals surface area contributed by atoms with E-state index in [-0.39, 0.29) is 18.0 Å². The molecule has 3 saturated carbocycles. The van der Waals surface area contributed by atoms with Gasteiger partial charge in [0.25, 0.3) is 5.56 Å². The van der Waals surface area contributed by atoms with E-state index in [1.165, 1.54) is 22.9 Å². The molecule has 2 aromatic heterocycles. The second-order valence-electron chi connectivity index (χ2n) is 9.62. The van der Waals surface area contributed by atoms with E-state index >= 15 is 0 Å². The van der Waals surface area contributed by atoms with Gasteiger partial charge in [-0.1, -0.05) is 27.7 Å². The summed E-state index contributed by atoms with van der Waals surface area (Å²) in [4.78, 5) is 30.2. The number of thioether (sulfide) groups is 1. The molecule has 2 N–H and O–H groups in total. The Labute approximate surface area is 193 Å². The number of nitrogens with zero attached hydrogens (tertiary/aromatic N) is 3. The minimum Gasteiger partial charge on any atom is -0.380 e. The highest BCUT2D eigenvalue weighted by atomic mass is 32.2. The Morgan fingerprint density at radius 1 is 1.28 bits per heavy atom. The van der Waals surface area contributed by atoms with Crippen molar-refractivity contribution in [3.8, 4) is 0 Å². The third kappa shape index (κ3) is 4.42. The molecule has 0 spiro atoms. The standard InChI is InChI=1S/C24H33N5O2S/c1-5-32-22-20(28-19-11-17-10-18(15(19)2)24(17,3)4)13-27-29(23(22)31)14-21(30)26-12-16-6-8-25-9-7-16/h6-9,13,15,17-19,28H,5,10-12,14H2,1-4H3,(H,26,30)/t15?,17-,18+,19+/m0/s1. The third-order valence-electron chi connectivity index (χ3n) is 7.52. The smallest absolute Gasteiger partial charge is 0.283 e. The molecule has 1 amide bonds. The summed E-state index contributed by atoms with van der Waals surface area (Å²) in [5.41, 5.74) is 1.96. The van der Waals surface area contributed by atoms with Crippen LogP contribution in [-0.4, -0.2) is 32.5 Å². The van der Waals surface area contributed by atoms with Crippen LogP contribution < -0.4 is 16.2 Å². The first kappa shape index (κ1) is 22.8. The van der Waals surface area contributed by atoms with Crippen molar-refractivity contribution >= 4 is 23.4 Å². The highest BCUT2D eigenvalue weighted by Gasteiger charge is 2.56. The van der Waals surface area contributed by atoms with E-state index < -0.39 is 0 Å². The SMILES string of the molecule is CCSc1c(N[C@@H]2C[C@@H]3C[C@H](C2C)C3(C)C)cnn(CC(=O)NCc2ccncc2)c1=O. The lowest BCUT2D eigenvalue weighted by atomic mass is 9.45. The molecule has 2 bridgehead atoms. The molecule has 4 atom stereocenters. The maximum Gasteiger partial charge on any atom is 0.283 e. The molecule has 8 heteroatoms. The molecule has 32 heavy (non-hydrogen) atoms. The number of fused-ring (bicyclic) bond motifs is 2. The van der Waals surface area contributed by atoms with Crippen molar-refractivity contribution in [3.05, 3.63) is 46.6 Å². The van der Waals surface area contributed by atoms with Crippen LogP contribution in [0.1, 0.15) is 46.1 Å². The maximum atomic E-state index is 13.1. The van der Waals surface area contributed by atoms with E-state index in [2.05, 4.69) is 41.5 Å². The maximum absolute atomic E-state index is 13.1. The van der Waals surface area contributed by atoms with Gasteiger partial charge in [-0.25, -0.2) is 4.68 Å². The van der Waals surface area contributed by atoms with Gasteiger partial charge in [0.15, 0.2) is 0 Å². The Bertz CT molecular complexity index is 1020. The molecular formula is C24H33N5O2S. The number of carbonyl (C=O) groups excluding carboxylic acids is 1. The van der Waals surface area contributed by atoms with E-state index in [0.29, 0.717) is 28.8 Å². The summed E-state index contributed by atoms with van der Waals surface area (Å²) in [6, 6.07) is 4.04. The van der Waals surface area contributed by atoms with E-state index in [1.54, 1.807) is 18.6 Å². The topological polar surface area (TPSA) is 88.9 Å². The van der Waals surface area contributed by atoms with Crippen molar-refractivity contribution in [3.63, 3.8) is 0 Å². The summed E-state index contributed by atoms with van der Waals surface area (Å²) in [7, 11) is 0. The number of hydrogen-bond acceptors (Lipinski definition) is 6. The summed E-state index contributed by atoms with van der Waals surface area (Å²) in [5.74, 6) is 2.55. The van der Waals surface area contributed by atoms with E-state index in [4.69, 9.17) is 0 Å². The van der Waals surface area contributed by atoms with Crippen LogP contribution in [0.25, 0.3) is 0 Å². The number of carbonyl (C=O) groups is 1. The molecule has 3 fully saturated rings. The van der Waals surface area contributed by atoms with Crippen LogP contribution in [0, 0.1) is 23.2 Å². The first-order chi connectivity index (χ1) is 15.3. The molecule has 172 valence electrons. The van der Waals surface area contributed by atoms with Crippen LogP contribution in [0.2, 0.25) is 0 Å². The van der Waals surface area contributed by atoms with Gasteiger partial charge in [0.1, 0.15) is 6.54 Å². The minimum atomic E-state index is -0.243. The van der Waals surface area contributed by atoms with Gasteiger partial charge in [-0.3, -0.25) is 14.6 Å². The third-order valence-corrected chi connectivity index (χ3v) is 8.49. The highest BCUT2D eigenvalue weighted by Crippen LogP contribution is 2.61. The van der Waals surface area contributed by atoms with E-state index in [0.717, 1.165) is 35.3 Å². The van der Waals surface area contributed by atoms with Crippen molar-refractivity contribution in [2.75, 3.05) is 11.1 Å². The Morgan fingerprint density at radius 3 is 2.69 bits per heavy atom. The van der Waals surface area contributed by atoms with Gasteiger partial charge in [0, 0.05) is 25.0 Å². The predicted octanol–water partition coefficient (Wildman–Crippen LogP) is 3.55. The van der Waals surface area contributed by atoms with Gasteiger partial charge in [0.2, 0.25) is 5.91 Å². The molecule has 3 aliphatic carbocycles. The molecule has 2 aromatic rings. The zero-order chi connectivity index (χ0) is 22.9. The molecule has 3 aliphatic rings. The van der Waals surface area contributed by atoms with Crippen LogP contribution in [0.5, 0.6) is 0 Å². The molecule has 0 saturated heterocycles. The Kier molecular flexibility index (Phi) is 6.60. The molecule has 5 rings (SSSR count). The van der Waals surface area contributed by atoms with Crippen molar-refractivity contribution in [2.24, 2.45) is 23.2 Å². The first-order valence-corrected chi connectivity index (χ1v) is 12.4. The number of pyridine rings is 1. The average molecular weight is 456 g/mol. The van der Waals surface area contributed by atoms with E-state index in [9.17, 15) is 9.59 Å². The zero-order valence-electron chi connectivity index (χ0n) is 19.3. The fourth-order valence-electron chi connectivity index (χ4n) is 5.40. The summed E-state index contributed by atoms with van der Waals surface area (Å²) in [5, 5.41) is 10.8. The first-order valence-electron chi connectivity index (χ1n) is 11.5. The van der Waals surface area contributed by atoms with Gasteiger partial charge in [-0.15, -0.1) is 11.8 Å². The van der Waals surface area contributed by atoms with Crippen molar-refractivity contribution in [1.82, 2.24) is 20.1 Å². The van der Waals surface area contributed by atoms with E-state index in [1.807, 2.05) is 19.1 Å². The minimum absolute atomic E-state index is 0.0976. The number of amides is 1. The van der Waals surface area contributed by atoms with Crippen LogP contribution in [0.4, 0.5) is 5.69 Å². The number of nitrogens with one attached hydrogen (secondary N) is 2. The summed E-state index contributed by atoms with van der Waals surface area (Å²) in [6.45, 7) is 9.43. The Balaban J connectivity index is 1.45. The normalized spacial score (nSPS) is 25.6. The number of aromatic nitrogens is 3. The molecule has 0 aromatic carbocycles.